The molecule has 2 aromatic carbocycles. The molecule has 6 rings (SSSR count). The molecule has 0 bridgehead atoms. The Morgan fingerprint density at radius 3 is 2.63 bits per heavy atom. The van der Waals surface area contributed by atoms with Crippen LogP contribution in [0.1, 0.15) is 34.7 Å². The van der Waals surface area contributed by atoms with Crippen LogP contribution in [0.4, 0.5) is 10.1 Å². The Balaban J connectivity index is 1.51. The number of hydrogen-bond acceptors (Lipinski definition) is 4. The van der Waals surface area contributed by atoms with Gasteiger partial charge in [-0.25, -0.2) is 4.39 Å². The molecular formula is C27H23FN4O2S. The van der Waals surface area contributed by atoms with E-state index in [4.69, 9.17) is 21.7 Å². The molecule has 0 saturated carbocycles. The van der Waals surface area contributed by atoms with Gasteiger partial charge in [0.15, 0.2) is 16.6 Å². The Morgan fingerprint density at radius 1 is 0.971 bits per heavy atom. The normalized spacial score (nSPS) is 18.7. The van der Waals surface area contributed by atoms with Crippen LogP contribution >= 0.6 is 12.2 Å². The van der Waals surface area contributed by atoms with Gasteiger partial charge in [0.2, 0.25) is 6.79 Å². The van der Waals surface area contributed by atoms with E-state index in [2.05, 4.69) is 32.8 Å². The van der Waals surface area contributed by atoms with Crippen molar-refractivity contribution < 1.29 is 13.9 Å². The van der Waals surface area contributed by atoms with E-state index in [0.29, 0.717) is 16.6 Å². The number of nitrogens with one attached hydrogen (secondary N) is 1. The van der Waals surface area contributed by atoms with Gasteiger partial charge in [-0.1, -0.05) is 12.1 Å². The molecule has 2 aliphatic rings. The number of anilines is 1. The molecule has 0 unspecified atom stereocenters. The summed E-state index contributed by atoms with van der Waals surface area (Å²) < 4.78 is 27.3. The van der Waals surface area contributed by atoms with Crippen LogP contribution in [0.25, 0.3) is 5.69 Å². The number of ether oxygens (including phenoxy) is 2. The van der Waals surface area contributed by atoms with E-state index in [1.807, 2.05) is 49.4 Å². The highest BCUT2D eigenvalue weighted by atomic mass is 32.1. The highest BCUT2D eigenvalue weighted by Crippen LogP contribution is 2.46. The summed E-state index contributed by atoms with van der Waals surface area (Å²) >= 11 is 5.86. The van der Waals surface area contributed by atoms with Crippen LogP contribution in [0.5, 0.6) is 11.5 Å². The fourth-order valence-electron chi connectivity index (χ4n) is 5.08. The molecule has 2 atom stereocenters. The Hall–Kier alpha value is -3.91. The number of aromatic nitrogens is 2. The minimum atomic E-state index is -0.270. The molecule has 1 N–H and O–H groups in total. The van der Waals surface area contributed by atoms with Crippen LogP contribution in [0.2, 0.25) is 0 Å². The van der Waals surface area contributed by atoms with Crippen molar-refractivity contribution in [1.29, 1.82) is 0 Å². The van der Waals surface area contributed by atoms with E-state index in [1.54, 1.807) is 18.3 Å². The minimum Gasteiger partial charge on any atom is -0.454 e. The zero-order valence-electron chi connectivity index (χ0n) is 19.2. The molecule has 0 spiro atoms. The van der Waals surface area contributed by atoms with E-state index < -0.39 is 0 Å². The maximum absolute atomic E-state index is 14.1. The van der Waals surface area contributed by atoms with Crippen molar-refractivity contribution in [3.63, 3.8) is 0 Å². The molecule has 4 aromatic rings. The zero-order valence-corrected chi connectivity index (χ0v) is 20.1. The lowest BCUT2D eigenvalue weighted by molar-refractivity contribution is 0.174. The summed E-state index contributed by atoms with van der Waals surface area (Å²) in [4.78, 5) is 6.74. The molecular weight excluding hydrogens is 463 g/mol. The molecule has 0 amide bonds. The van der Waals surface area contributed by atoms with Crippen molar-refractivity contribution in [2.75, 3.05) is 11.7 Å². The number of rotatable bonds is 4. The first-order valence-corrected chi connectivity index (χ1v) is 11.8. The number of hydrogen-bond donors (Lipinski definition) is 1. The largest absolute Gasteiger partial charge is 0.454 e. The average molecular weight is 487 g/mol. The number of aryl methyl sites for hydroxylation is 1. The predicted octanol–water partition coefficient (Wildman–Crippen LogP) is 5.53. The van der Waals surface area contributed by atoms with Gasteiger partial charge in [-0.2, -0.15) is 0 Å². The average Bonchev–Trinajstić information content (AvgIpc) is 3.54. The van der Waals surface area contributed by atoms with Gasteiger partial charge < -0.3 is 24.3 Å². The van der Waals surface area contributed by atoms with Crippen molar-refractivity contribution >= 4 is 23.0 Å². The first-order valence-electron chi connectivity index (χ1n) is 11.4. The summed E-state index contributed by atoms with van der Waals surface area (Å²) in [5.74, 6) is 1.14. The monoisotopic (exact) mass is 486 g/mol. The Morgan fingerprint density at radius 2 is 1.83 bits per heavy atom. The highest BCUT2D eigenvalue weighted by molar-refractivity contribution is 7.80. The maximum Gasteiger partial charge on any atom is 0.231 e. The summed E-state index contributed by atoms with van der Waals surface area (Å²) in [5, 5.41) is 4.09. The first-order chi connectivity index (χ1) is 17.0. The lowest BCUT2D eigenvalue weighted by Crippen LogP contribution is -2.29. The lowest BCUT2D eigenvalue weighted by Gasteiger charge is -2.28. The first kappa shape index (κ1) is 21.6. The van der Waals surface area contributed by atoms with E-state index >= 15 is 0 Å². The number of thiocarbonyl (C=S) groups is 1. The van der Waals surface area contributed by atoms with E-state index in [1.165, 1.54) is 6.07 Å². The van der Waals surface area contributed by atoms with Gasteiger partial charge in [0.05, 0.1) is 17.8 Å². The predicted molar refractivity (Wildman–Crippen MR) is 136 cm³/mol. The smallest absolute Gasteiger partial charge is 0.231 e. The Bertz CT molecular complexity index is 1440. The van der Waals surface area contributed by atoms with Gasteiger partial charge in [-0.15, -0.1) is 0 Å². The van der Waals surface area contributed by atoms with Crippen LogP contribution in [-0.4, -0.2) is 21.5 Å². The minimum absolute atomic E-state index is 0.185. The second kappa shape index (κ2) is 8.39. The van der Waals surface area contributed by atoms with Crippen molar-refractivity contribution in [3.05, 3.63) is 101 Å². The summed E-state index contributed by atoms with van der Waals surface area (Å²) in [7, 11) is 0. The number of pyridine rings is 1. The second-order valence-corrected chi connectivity index (χ2v) is 9.06. The highest BCUT2D eigenvalue weighted by Gasteiger charge is 2.42. The number of benzene rings is 2. The molecule has 0 aliphatic carbocycles. The Labute approximate surface area is 207 Å². The fraction of sp³-hybridized carbons (Fsp3) is 0.185. The summed E-state index contributed by atoms with van der Waals surface area (Å²) in [6.07, 6.45) is 1.79. The zero-order chi connectivity index (χ0) is 24.1. The third kappa shape index (κ3) is 3.61. The quantitative estimate of drug-likeness (QED) is 0.383. The molecule has 2 aliphatic heterocycles. The van der Waals surface area contributed by atoms with Gasteiger partial charge in [-0.05, 0) is 80.2 Å². The van der Waals surface area contributed by atoms with Crippen LogP contribution in [0.3, 0.4) is 0 Å². The maximum atomic E-state index is 14.1. The molecule has 2 aromatic heterocycles. The third-order valence-corrected chi connectivity index (χ3v) is 6.90. The van der Waals surface area contributed by atoms with E-state index in [-0.39, 0.29) is 24.7 Å². The summed E-state index contributed by atoms with van der Waals surface area (Å²) in [6.45, 7) is 4.29. The van der Waals surface area contributed by atoms with Gasteiger partial charge in [0.25, 0.3) is 0 Å². The standard InChI is InChI=1S/C27H23FN4O2S/c1-16-12-21(17(2)31(16)19-7-5-6-18(28)13-19)26-25(22-8-3-4-11-29-22)30-27(35)32(26)20-9-10-23-24(14-20)34-15-33-23/h3-14,25-26H,15H2,1-2H3,(H,30,35)/t25-,26-/m1/s1. The van der Waals surface area contributed by atoms with Gasteiger partial charge in [-0.3, -0.25) is 4.98 Å². The Kier molecular flexibility index (Phi) is 5.18. The number of fused-ring (bicyclic) bond motifs is 1. The van der Waals surface area contributed by atoms with E-state index in [9.17, 15) is 4.39 Å². The number of nitrogens with zero attached hydrogens (tertiary/aromatic N) is 3. The lowest BCUT2D eigenvalue weighted by atomic mass is 9.96. The molecule has 0 radical (unpaired) electrons. The summed E-state index contributed by atoms with van der Waals surface area (Å²) in [5.41, 5.74) is 5.66. The van der Waals surface area contributed by atoms with Crippen LogP contribution in [-0.2, 0) is 0 Å². The molecule has 8 heteroatoms. The SMILES string of the molecule is Cc1cc([C@@H]2[C@@H](c3ccccn3)NC(=S)N2c2ccc3c(c2)OCO3)c(C)n1-c1cccc(F)c1. The molecule has 1 saturated heterocycles. The fourth-order valence-corrected chi connectivity index (χ4v) is 5.43. The van der Waals surface area contributed by atoms with Crippen molar-refractivity contribution in [2.24, 2.45) is 0 Å². The third-order valence-electron chi connectivity index (χ3n) is 6.59. The van der Waals surface area contributed by atoms with Crippen molar-refractivity contribution in [1.82, 2.24) is 14.9 Å². The van der Waals surface area contributed by atoms with Crippen molar-refractivity contribution in [3.8, 4) is 17.2 Å². The van der Waals surface area contributed by atoms with Crippen LogP contribution < -0.4 is 19.7 Å². The summed E-state index contributed by atoms with van der Waals surface area (Å²) in [6, 6.07) is 20.1. The molecule has 35 heavy (non-hydrogen) atoms. The van der Waals surface area contributed by atoms with E-state index in [0.717, 1.165) is 34.0 Å². The van der Waals surface area contributed by atoms with Crippen molar-refractivity contribution in [2.45, 2.75) is 25.9 Å². The molecule has 176 valence electrons. The van der Waals surface area contributed by atoms with Crippen LogP contribution in [0.15, 0.2) is 72.9 Å². The molecule has 6 nitrogen and oxygen atoms in total. The topological polar surface area (TPSA) is 51.6 Å². The van der Waals surface area contributed by atoms with Gasteiger partial charge >= 0.3 is 0 Å². The molecule has 1 fully saturated rings. The number of halogens is 1. The second-order valence-electron chi connectivity index (χ2n) is 8.68. The van der Waals surface area contributed by atoms with Gasteiger partial charge in [0.1, 0.15) is 5.82 Å². The molecule has 4 heterocycles. The van der Waals surface area contributed by atoms with Gasteiger partial charge in [0, 0.05) is 35.0 Å². The van der Waals surface area contributed by atoms with Crippen LogP contribution in [0, 0.1) is 19.7 Å².